The SMILES string of the molecule is CN(C)CC1(C)CCC/C(=C/c2ccc3c(c2)OCO3)C1O. The summed E-state index contributed by atoms with van der Waals surface area (Å²) in [6.45, 7) is 3.37. The molecule has 1 heterocycles. The van der Waals surface area contributed by atoms with Crippen molar-refractivity contribution in [3.63, 3.8) is 0 Å². The molecular formula is C18H25NO3. The van der Waals surface area contributed by atoms with E-state index in [0.717, 1.165) is 48.4 Å². The lowest BCUT2D eigenvalue weighted by Crippen LogP contribution is -2.44. The summed E-state index contributed by atoms with van der Waals surface area (Å²) in [6.07, 6.45) is 4.86. The third-order valence-electron chi connectivity index (χ3n) is 4.65. The Balaban J connectivity index is 1.84. The normalized spacial score (nSPS) is 29.3. The van der Waals surface area contributed by atoms with Crippen molar-refractivity contribution in [1.82, 2.24) is 4.90 Å². The average molecular weight is 303 g/mol. The molecule has 0 bridgehead atoms. The summed E-state index contributed by atoms with van der Waals surface area (Å²) < 4.78 is 10.8. The van der Waals surface area contributed by atoms with Crippen LogP contribution in [0.25, 0.3) is 6.08 Å². The molecule has 1 fully saturated rings. The summed E-state index contributed by atoms with van der Waals surface area (Å²) in [5.41, 5.74) is 2.10. The molecular weight excluding hydrogens is 278 g/mol. The van der Waals surface area contributed by atoms with E-state index >= 15 is 0 Å². The van der Waals surface area contributed by atoms with Gasteiger partial charge in [0.2, 0.25) is 6.79 Å². The highest BCUT2D eigenvalue weighted by atomic mass is 16.7. The molecule has 2 aliphatic rings. The number of nitrogens with zero attached hydrogens (tertiary/aromatic N) is 1. The zero-order valence-corrected chi connectivity index (χ0v) is 13.6. The average Bonchev–Trinajstić information content (AvgIpc) is 2.91. The van der Waals surface area contributed by atoms with E-state index in [1.54, 1.807) is 0 Å². The van der Waals surface area contributed by atoms with Crippen molar-refractivity contribution in [2.45, 2.75) is 32.3 Å². The number of aliphatic hydroxyl groups is 1. The van der Waals surface area contributed by atoms with Crippen molar-refractivity contribution in [2.24, 2.45) is 5.41 Å². The van der Waals surface area contributed by atoms with Crippen LogP contribution in [0.4, 0.5) is 0 Å². The van der Waals surface area contributed by atoms with Crippen LogP contribution < -0.4 is 9.47 Å². The van der Waals surface area contributed by atoms with Gasteiger partial charge in [0.15, 0.2) is 11.5 Å². The summed E-state index contributed by atoms with van der Waals surface area (Å²) in [7, 11) is 4.13. The Morgan fingerprint density at radius 2 is 2.09 bits per heavy atom. The van der Waals surface area contributed by atoms with Crippen molar-refractivity contribution in [3.8, 4) is 11.5 Å². The minimum absolute atomic E-state index is 0.0794. The fourth-order valence-electron chi connectivity index (χ4n) is 3.67. The minimum atomic E-state index is -0.394. The van der Waals surface area contributed by atoms with E-state index in [-0.39, 0.29) is 5.41 Å². The molecule has 1 aromatic rings. The van der Waals surface area contributed by atoms with E-state index in [9.17, 15) is 5.11 Å². The molecule has 2 atom stereocenters. The molecule has 4 heteroatoms. The van der Waals surface area contributed by atoms with Gasteiger partial charge in [0.1, 0.15) is 0 Å². The molecule has 0 spiro atoms. The Bertz CT molecular complexity index is 582. The quantitative estimate of drug-likeness (QED) is 0.932. The van der Waals surface area contributed by atoms with Crippen LogP contribution in [0.5, 0.6) is 11.5 Å². The zero-order chi connectivity index (χ0) is 15.7. The summed E-state index contributed by atoms with van der Waals surface area (Å²) in [4.78, 5) is 2.16. The van der Waals surface area contributed by atoms with Crippen molar-refractivity contribution in [1.29, 1.82) is 0 Å². The molecule has 0 aromatic heterocycles. The number of fused-ring (bicyclic) bond motifs is 1. The molecule has 1 aromatic carbocycles. The molecule has 1 N–H and O–H groups in total. The Kier molecular flexibility index (Phi) is 4.15. The van der Waals surface area contributed by atoms with Gasteiger partial charge in [0.25, 0.3) is 0 Å². The summed E-state index contributed by atoms with van der Waals surface area (Å²) in [6, 6.07) is 5.94. The molecule has 0 saturated heterocycles. The maximum atomic E-state index is 10.8. The fraction of sp³-hybridized carbons (Fsp3) is 0.556. The molecule has 1 saturated carbocycles. The van der Waals surface area contributed by atoms with E-state index in [1.165, 1.54) is 0 Å². The van der Waals surface area contributed by atoms with Gasteiger partial charge in [-0.25, -0.2) is 0 Å². The van der Waals surface area contributed by atoms with Crippen molar-refractivity contribution >= 4 is 6.08 Å². The largest absolute Gasteiger partial charge is 0.454 e. The van der Waals surface area contributed by atoms with Gasteiger partial charge in [-0.3, -0.25) is 0 Å². The fourth-order valence-corrected chi connectivity index (χ4v) is 3.67. The van der Waals surface area contributed by atoms with E-state index in [4.69, 9.17) is 9.47 Å². The molecule has 1 aliphatic carbocycles. The number of benzene rings is 1. The number of ether oxygens (including phenoxy) is 2. The number of aliphatic hydroxyl groups excluding tert-OH is 1. The van der Waals surface area contributed by atoms with Crippen LogP contribution >= 0.6 is 0 Å². The molecule has 120 valence electrons. The lowest BCUT2D eigenvalue weighted by atomic mass is 9.70. The van der Waals surface area contributed by atoms with Crippen LogP contribution in [0, 0.1) is 5.41 Å². The zero-order valence-electron chi connectivity index (χ0n) is 13.6. The van der Waals surface area contributed by atoms with Crippen LogP contribution in [-0.2, 0) is 0 Å². The number of rotatable bonds is 3. The van der Waals surface area contributed by atoms with Crippen LogP contribution in [0.15, 0.2) is 23.8 Å². The van der Waals surface area contributed by atoms with Gasteiger partial charge in [-0.2, -0.15) is 0 Å². The number of hydrogen-bond donors (Lipinski definition) is 1. The molecule has 3 rings (SSSR count). The highest BCUT2D eigenvalue weighted by molar-refractivity contribution is 5.59. The second-order valence-corrected chi connectivity index (χ2v) is 6.98. The Hall–Kier alpha value is -1.52. The van der Waals surface area contributed by atoms with Crippen LogP contribution in [0.3, 0.4) is 0 Å². The monoisotopic (exact) mass is 303 g/mol. The van der Waals surface area contributed by atoms with Crippen LogP contribution in [-0.4, -0.2) is 43.5 Å². The molecule has 2 unspecified atom stereocenters. The van der Waals surface area contributed by atoms with Crippen LogP contribution in [0.2, 0.25) is 0 Å². The molecule has 0 amide bonds. The first-order chi connectivity index (χ1) is 10.5. The first-order valence-corrected chi connectivity index (χ1v) is 7.91. The summed E-state index contributed by atoms with van der Waals surface area (Å²) in [5, 5.41) is 10.8. The van der Waals surface area contributed by atoms with Gasteiger partial charge < -0.3 is 19.5 Å². The Morgan fingerprint density at radius 1 is 1.32 bits per heavy atom. The smallest absolute Gasteiger partial charge is 0.231 e. The lowest BCUT2D eigenvalue weighted by molar-refractivity contribution is 0.0211. The first-order valence-electron chi connectivity index (χ1n) is 7.91. The second-order valence-electron chi connectivity index (χ2n) is 6.98. The van der Waals surface area contributed by atoms with E-state index < -0.39 is 6.10 Å². The predicted molar refractivity (Wildman–Crippen MR) is 87.1 cm³/mol. The van der Waals surface area contributed by atoms with Crippen molar-refractivity contribution in [2.75, 3.05) is 27.4 Å². The predicted octanol–water partition coefficient (Wildman–Crippen LogP) is 2.91. The van der Waals surface area contributed by atoms with Gasteiger partial charge in [-0.1, -0.05) is 19.1 Å². The highest BCUT2D eigenvalue weighted by Gasteiger charge is 2.38. The highest BCUT2D eigenvalue weighted by Crippen LogP contribution is 2.41. The van der Waals surface area contributed by atoms with Crippen molar-refractivity contribution in [3.05, 3.63) is 29.3 Å². The van der Waals surface area contributed by atoms with Gasteiger partial charge >= 0.3 is 0 Å². The van der Waals surface area contributed by atoms with E-state index in [2.05, 4.69) is 32.0 Å². The lowest BCUT2D eigenvalue weighted by Gasteiger charge is -2.41. The van der Waals surface area contributed by atoms with Crippen LogP contribution in [0.1, 0.15) is 31.7 Å². The minimum Gasteiger partial charge on any atom is -0.454 e. The third kappa shape index (κ3) is 2.99. The standard InChI is InChI=1S/C18H25NO3/c1-18(11-19(2)3)8-4-5-14(17(18)20)9-13-6-7-15-16(10-13)22-12-21-15/h6-7,9-10,17,20H,4-5,8,11-12H2,1-3H3/b14-9-. The molecule has 22 heavy (non-hydrogen) atoms. The van der Waals surface area contributed by atoms with E-state index in [0.29, 0.717) is 6.79 Å². The summed E-state index contributed by atoms with van der Waals surface area (Å²) >= 11 is 0. The van der Waals surface area contributed by atoms with Gasteiger partial charge in [-0.05, 0) is 56.6 Å². The van der Waals surface area contributed by atoms with Gasteiger partial charge in [0, 0.05) is 12.0 Å². The molecule has 4 nitrogen and oxygen atoms in total. The van der Waals surface area contributed by atoms with Gasteiger partial charge in [0.05, 0.1) is 6.10 Å². The molecule has 1 aliphatic heterocycles. The topological polar surface area (TPSA) is 41.9 Å². The number of hydrogen-bond acceptors (Lipinski definition) is 4. The van der Waals surface area contributed by atoms with Crippen molar-refractivity contribution < 1.29 is 14.6 Å². The van der Waals surface area contributed by atoms with E-state index in [1.807, 2.05) is 18.2 Å². The maximum Gasteiger partial charge on any atom is 0.231 e. The maximum absolute atomic E-state index is 10.8. The second kappa shape index (κ2) is 5.94. The Morgan fingerprint density at radius 3 is 2.86 bits per heavy atom. The Labute approximate surface area is 132 Å². The first kappa shape index (κ1) is 15.4. The summed E-state index contributed by atoms with van der Waals surface area (Å²) in [5.74, 6) is 1.58. The molecule has 0 radical (unpaired) electrons. The van der Waals surface area contributed by atoms with Gasteiger partial charge in [-0.15, -0.1) is 0 Å². The third-order valence-corrected chi connectivity index (χ3v) is 4.65.